The molecule has 0 aromatic rings. The van der Waals surface area contributed by atoms with Gasteiger partial charge < -0.3 is 10.5 Å². The maximum Gasteiger partial charge on any atom is 0.324 e. The summed E-state index contributed by atoms with van der Waals surface area (Å²) in [6.45, 7) is 9.90. The molecule has 0 aliphatic rings. The summed E-state index contributed by atoms with van der Waals surface area (Å²) in [6.07, 6.45) is -0.0945. The van der Waals surface area contributed by atoms with E-state index in [4.69, 9.17) is 10.5 Å². The van der Waals surface area contributed by atoms with Crippen LogP contribution in [0.15, 0.2) is 0 Å². The number of rotatable bonds is 6. The van der Waals surface area contributed by atoms with E-state index in [0.29, 0.717) is 5.92 Å². The molecule has 0 spiro atoms. The van der Waals surface area contributed by atoms with Crippen LogP contribution in [0.4, 0.5) is 0 Å². The zero-order chi connectivity index (χ0) is 12.0. The molecule has 15 heavy (non-hydrogen) atoms. The predicted octanol–water partition coefficient (Wildman–Crippen LogP) is 2.04. The van der Waals surface area contributed by atoms with Crippen molar-refractivity contribution in [3.8, 4) is 0 Å². The maximum atomic E-state index is 11.6. The van der Waals surface area contributed by atoms with Crippen LogP contribution in [0.25, 0.3) is 0 Å². The van der Waals surface area contributed by atoms with Crippen molar-refractivity contribution in [2.45, 2.75) is 52.0 Å². The second kappa shape index (κ2) is 7.12. The Morgan fingerprint density at radius 1 is 1.33 bits per heavy atom. The van der Waals surface area contributed by atoms with E-state index >= 15 is 0 Å². The number of esters is 1. The van der Waals surface area contributed by atoms with E-state index in [-0.39, 0.29) is 17.3 Å². The summed E-state index contributed by atoms with van der Waals surface area (Å²) in [5.41, 5.74) is 5.90. The second-order valence-electron chi connectivity index (χ2n) is 4.18. The first-order valence-electron chi connectivity index (χ1n) is 5.47. The normalized spacial score (nSPS) is 15.5. The summed E-state index contributed by atoms with van der Waals surface area (Å²) in [4.78, 5) is 11.6. The summed E-state index contributed by atoms with van der Waals surface area (Å²) < 4.78 is 5.11. The van der Waals surface area contributed by atoms with E-state index in [1.54, 1.807) is 11.8 Å². The van der Waals surface area contributed by atoms with Crippen LogP contribution in [0.3, 0.4) is 0 Å². The van der Waals surface area contributed by atoms with Crippen LogP contribution in [0.2, 0.25) is 0 Å². The van der Waals surface area contributed by atoms with Gasteiger partial charge in [-0.15, -0.1) is 0 Å². The van der Waals surface area contributed by atoms with Crippen molar-refractivity contribution in [1.29, 1.82) is 0 Å². The molecule has 0 fully saturated rings. The molecule has 4 heteroatoms. The van der Waals surface area contributed by atoms with Gasteiger partial charge in [0, 0.05) is 5.25 Å². The minimum Gasteiger partial charge on any atom is -0.462 e. The van der Waals surface area contributed by atoms with Crippen molar-refractivity contribution in [2.75, 3.05) is 5.75 Å². The van der Waals surface area contributed by atoms with Gasteiger partial charge in [-0.05, 0) is 25.5 Å². The summed E-state index contributed by atoms with van der Waals surface area (Å²) in [7, 11) is 0. The van der Waals surface area contributed by atoms with E-state index < -0.39 is 6.04 Å². The molecule has 0 amide bonds. The van der Waals surface area contributed by atoms with Gasteiger partial charge in [0.15, 0.2) is 0 Å². The molecular formula is C11H23NO2S. The van der Waals surface area contributed by atoms with Crippen molar-refractivity contribution in [2.24, 2.45) is 11.7 Å². The van der Waals surface area contributed by atoms with Crippen LogP contribution in [-0.4, -0.2) is 29.1 Å². The fourth-order valence-corrected chi connectivity index (χ4v) is 2.44. The van der Waals surface area contributed by atoms with E-state index in [1.165, 1.54) is 0 Å². The van der Waals surface area contributed by atoms with E-state index in [2.05, 4.69) is 20.8 Å². The van der Waals surface area contributed by atoms with Crippen molar-refractivity contribution >= 4 is 17.7 Å². The number of carbonyl (C=O) groups is 1. The Kier molecular flexibility index (Phi) is 7.02. The molecule has 3 nitrogen and oxygen atoms in total. The highest BCUT2D eigenvalue weighted by Gasteiger charge is 2.28. The molecule has 0 aromatic heterocycles. The van der Waals surface area contributed by atoms with Gasteiger partial charge in [0.1, 0.15) is 6.04 Å². The van der Waals surface area contributed by atoms with Gasteiger partial charge >= 0.3 is 5.97 Å². The number of ether oxygens (including phenoxy) is 1. The van der Waals surface area contributed by atoms with E-state index in [1.807, 2.05) is 13.8 Å². The second-order valence-corrected chi connectivity index (χ2v) is 5.63. The van der Waals surface area contributed by atoms with Gasteiger partial charge in [-0.25, -0.2) is 0 Å². The molecule has 2 atom stereocenters. The van der Waals surface area contributed by atoms with E-state index in [0.717, 1.165) is 5.75 Å². The highest BCUT2D eigenvalue weighted by Crippen LogP contribution is 2.22. The Hall–Kier alpha value is -0.220. The lowest BCUT2D eigenvalue weighted by Crippen LogP contribution is -2.44. The predicted molar refractivity (Wildman–Crippen MR) is 66.0 cm³/mol. The van der Waals surface area contributed by atoms with Gasteiger partial charge in [-0.2, -0.15) is 11.8 Å². The quantitative estimate of drug-likeness (QED) is 0.713. The van der Waals surface area contributed by atoms with Crippen LogP contribution in [0.1, 0.15) is 34.6 Å². The average Bonchev–Trinajstić information content (AvgIpc) is 2.11. The molecule has 0 aliphatic carbocycles. The number of carbonyl (C=O) groups excluding carboxylic acids is 1. The molecule has 0 heterocycles. The van der Waals surface area contributed by atoms with Crippen LogP contribution in [0.5, 0.6) is 0 Å². The molecule has 90 valence electrons. The van der Waals surface area contributed by atoms with Crippen LogP contribution >= 0.6 is 11.8 Å². The zero-order valence-corrected chi connectivity index (χ0v) is 11.1. The molecule has 0 saturated heterocycles. The summed E-state index contributed by atoms with van der Waals surface area (Å²) in [6, 6.07) is -0.516. The Balaban J connectivity index is 4.35. The molecule has 0 rings (SSSR count). The molecule has 2 unspecified atom stereocenters. The lowest BCUT2D eigenvalue weighted by molar-refractivity contribution is -0.149. The van der Waals surface area contributed by atoms with Gasteiger partial charge in [0.25, 0.3) is 0 Å². The number of hydrogen-bond donors (Lipinski definition) is 1. The third-order valence-corrected chi connectivity index (χ3v) is 3.55. The van der Waals surface area contributed by atoms with Gasteiger partial charge in [0.2, 0.25) is 0 Å². The fraction of sp³-hybridized carbons (Fsp3) is 0.909. The summed E-state index contributed by atoms with van der Waals surface area (Å²) >= 11 is 1.72. The molecule has 0 bridgehead atoms. The van der Waals surface area contributed by atoms with Gasteiger partial charge in [-0.3, -0.25) is 4.79 Å². The first-order valence-corrected chi connectivity index (χ1v) is 6.52. The van der Waals surface area contributed by atoms with Crippen molar-refractivity contribution < 1.29 is 9.53 Å². The molecular weight excluding hydrogens is 210 g/mol. The smallest absolute Gasteiger partial charge is 0.324 e. The Morgan fingerprint density at radius 2 is 1.87 bits per heavy atom. The minimum absolute atomic E-state index is 0.0945. The first-order chi connectivity index (χ1) is 6.90. The highest BCUT2D eigenvalue weighted by molar-refractivity contribution is 7.99. The third kappa shape index (κ3) is 5.42. The van der Waals surface area contributed by atoms with Gasteiger partial charge in [-0.1, -0.05) is 20.8 Å². The maximum absolute atomic E-state index is 11.6. The largest absolute Gasteiger partial charge is 0.462 e. The first kappa shape index (κ1) is 14.8. The van der Waals surface area contributed by atoms with Gasteiger partial charge in [0.05, 0.1) is 6.10 Å². The third-order valence-electron chi connectivity index (χ3n) is 1.99. The molecule has 2 N–H and O–H groups in total. The van der Waals surface area contributed by atoms with Crippen molar-refractivity contribution in [3.63, 3.8) is 0 Å². The summed E-state index contributed by atoms with van der Waals surface area (Å²) in [5, 5.41) is 0.140. The molecule has 0 aromatic carbocycles. The van der Waals surface area contributed by atoms with Crippen molar-refractivity contribution in [1.82, 2.24) is 0 Å². The fourth-order valence-electron chi connectivity index (χ4n) is 1.35. The highest BCUT2D eigenvalue weighted by atomic mass is 32.2. The molecule has 0 saturated carbocycles. The lowest BCUT2D eigenvalue weighted by Gasteiger charge is -2.25. The lowest BCUT2D eigenvalue weighted by atomic mass is 10.0. The van der Waals surface area contributed by atoms with Crippen LogP contribution < -0.4 is 5.73 Å². The standard InChI is InChI=1S/C11H23NO2S/c1-6-15-10(7(2)3)9(12)11(13)14-8(4)5/h7-10H,6,12H2,1-5H3. The van der Waals surface area contributed by atoms with Crippen LogP contribution in [0, 0.1) is 5.92 Å². The van der Waals surface area contributed by atoms with Crippen molar-refractivity contribution in [3.05, 3.63) is 0 Å². The Bertz CT molecular complexity index is 195. The number of nitrogens with two attached hydrogens (primary N) is 1. The average molecular weight is 233 g/mol. The SMILES string of the molecule is CCSC(C(C)C)C(N)C(=O)OC(C)C. The topological polar surface area (TPSA) is 52.3 Å². The molecule has 0 radical (unpaired) electrons. The van der Waals surface area contributed by atoms with E-state index in [9.17, 15) is 4.79 Å². The monoisotopic (exact) mass is 233 g/mol. The Labute approximate surface area is 97.1 Å². The number of hydrogen-bond acceptors (Lipinski definition) is 4. The number of thioether (sulfide) groups is 1. The zero-order valence-electron chi connectivity index (χ0n) is 10.3. The Morgan fingerprint density at radius 3 is 2.20 bits per heavy atom. The summed E-state index contributed by atoms with van der Waals surface area (Å²) in [5.74, 6) is 1.06. The molecule has 0 aliphatic heterocycles. The van der Waals surface area contributed by atoms with Crippen LogP contribution in [-0.2, 0) is 9.53 Å². The minimum atomic E-state index is -0.516.